The predicted molar refractivity (Wildman–Crippen MR) is 67.0 cm³/mol. The normalized spacial score (nSPS) is 18.5. The van der Waals surface area contributed by atoms with Crippen molar-refractivity contribution in [3.63, 3.8) is 0 Å². The van der Waals surface area contributed by atoms with Gasteiger partial charge in [-0.15, -0.1) is 0 Å². The first-order valence-corrected chi connectivity index (χ1v) is 5.95. The van der Waals surface area contributed by atoms with Gasteiger partial charge in [0, 0.05) is 13.1 Å². The van der Waals surface area contributed by atoms with Gasteiger partial charge in [-0.1, -0.05) is 19.9 Å². The summed E-state index contributed by atoms with van der Waals surface area (Å²) in [5.74, 6) is -0.623. The van der Waals surface area contributed by atoms with E-state index in [1.165, 1.54) is 13.0 Å². The summed E-state index contributed by atoms with van der Waals surface area (Å²) in [4.78, 5) is 13.6. The molecule has 1 heterocycles. The van der Waals surface area contributed by atoms with Crippen molar-refractivity contribution in [3.8, 4) is 0 Å². The Kier molecular flexibility index (Phi) is 2.94. The summed E-state index contributed by atoms with van der Waals surface area (Å²) in [6, 6.07) is 4.85. The minimum absolute atomic E-state index is 0.206. The summed E-state index contributed by atoms with van der Waals surface area (Å²) >= 11 is 0. The van der Waals surface area contributed by atoms with Gasteiger partial charge in [-0.25, -0.2) is 4.39 Å². The molecule has 1 aromatic rings. The number of hydrogen-bond acceptors (Lipinski definition) is 2. The van der Waals surface area contributed by atoms with Crippen molar-refractivity contribution in [2.45, 2.75) is 27.2 Å². The van der Waals surface area contributed by atoms with Gasteiger partial charge in [0.25, 0.3) is 0 Å². The lowest BCUT2D eigenvalue weighted by Crippen LogP contribution is -2.24. The van der Waals surface area contributed by atoms with Crippen LogP contribution >= 0.6 is 0 Å². The summed E-state index contributed by atoms with van der Waals surface area (Å²) in [6.45, 7) is 7.57. The van der Waals surface area contributed by atoms with Gasteiger partial charge in [0.1, 0.15) is 5.82 Å². The van der Waals surface area contributed by atoms with E-state index in [9.17, 15) is 9.18 Å². The lowest BCUT2D eigenvalue weighted by molar-refractivity contribution is 0.101. The van der Waals surface area contributed by atoms with E-state index in [1.807, 2.05) is 6.07 Å². The predicted octanol–water partition coefficient (Wildman–Crippen LogP) is 3.26. The van der Waals surface area contributed by atoms with E-state index < -0.39 is 5.82 Å². The van der Waals surface area contributed by atoms with E-state index in [2.05, 4.69) is 18.7 Å². The van der Waals surface area contributed by atoms with Gasteiger partial charge >= 0.3 is 0 Å². The molecule has 0 N–H and O–H groups in total. The molecule has 0 amide bonds. The van der Waals surface area contributed by atoms with E-state index in [0.717, 1.165) is 25.2 Å². The Balaban J connectivity index is 2.40. The molecule has 1 saturated heterocycles. The van der Waals surface area contributed by atoms with E-state index in [0.29, 0.717) is 0 Å². The molecule has 0 aromatic heterocycles. The van der Waals surface area contributed by atoms with Gasteiger partial charge in [-0.3, -0.25) is 4.79 Å². The zero-order valence-electron chi connectivity index (χ0n) is 10.6. The fraction of sp³-hybridized carbons (Fsp3) is 0.500. The number of halogens is 1. The van der Waals surface area contributed by atoms with E-state index in [4.69, 9.17) is 0 Å². The Morgan fingerprint density at radius 3 is 2.65 bits per heavy atom. The first-order chi connectivity index (χ1) is 7.91. The Bertz CT molecular complexity index is 454. The van der Waals surface area contributed by atoms with Crippen molar-refractivity contribution in [1.29, 1.82) is 0 Å². The summed E-state index contributed by atoms with van der Waals surface area (Å²) in [5, 5.41) is 0. The second kappa shape index (κ2) is 4.13. The third-order valence-electron chi connectivity index (χ3n) is 3.36. The molecule has 0 spiro atoms. The van der Waals surface area contributed by atoms with Crippen molar-refractivity contribution in [2.75, 3.05) is 18.0 Å². The molecule has 0 unspecified atom stereocenters. The number of rotatable bonds is 2. The van der Waals surface area contributed by atoms with Crippen LogP contribution in [0.4, 0.5) is 10.1 Å². The van der Waals surface area contributed by atoms with Crippen molar-refractivity contribution in [1.82, 2.24) is 0 Å². The van der Waals surface area contributed by atoms with Gasteiger partial charge in [0.05, 0.1) is 11.3 Å². The summed E-state index contributed by atoms with van der Waals surface area (Å²) in [6.07, 6.45) is 1.07. The number of anilines is 1. The highest BCUT2D eigenvalue weighted by molar-refractivity contribution is 6.00. The van der Waals surface area contributed by atoms with Crippen LogP contribution < -0.4 is 4.90 Å². The highest BCUT2D eigenvalue weighted by Gasteiger charge is 2.31. The van der Waals surface area contributed by atoms with Crippen LogP contribution in [0.3, 0.4) is 0 Å². The van der Waals surface area contributed by atoms with E-state index in [1.54, 1.807) is 6.07 Å². The lowest BCUT2D eigenvalue weighted by Gasteiger charge is -2.23. The van der Waals surface area contributed by atoms with Crippen LogP contribution in [-0.2, 0) is 0 Å². The molecule has 1 aliphatic rings. The fourth-order valence-corrected chi connectivity index (χ4v) is 2.44. The molecule has 2 nitrogen and oxygen atoms in total. The molecule has 92 valence electrons. The molecule has 3 heteroatoms. The van der Waals surface area contributed by atoms with Gasteiger partial charge in [-0.05, 0) is 30.9 Å². The van der Waals surface area contributed by atoms with Crippen LogP contribution in [0.25, 0.3) is 0 Å². The maximum absolute atomic E-state index is 13.7. The van der Waals surface area contributed by atoms with Crippen molar-refractivity contribution in [2.24, 2.45) is 5.41 Å². The first kappa shape index (κ1) is 12.1. The SMILES string of the molecule is CC(=O)c1c(F)cccc1N1CCC(C)(C)C1. The zero-order valence-corrected chi connectivity index (χ0v) is 10.6. The number of Topliss-reactive ketones (excluding diaryl/α,β-unsaturated/α-hetero) is 1. The van der Waals surface area contributed by atoms with Crippen molar-refractivity contribution >= 4 is 11.5 Å². The molecular weight excluding hydrogens is 217 g/mol. The van der Waals surface area contributed by atoms with Crippen LogP contribution in [0.5, 0.6) is 0 Å². The Morgan fingerprint density at radius 2 is 2.12 bits per heavy atom. The van der Waals surface area contributed by atoms with Gasteiger partial charge in [-0.2, -0.15) is 0 Å². The summed E-state index contributed by atoms with van der Waals surface area (Å²) < 4.78 is 13.7. The third kappa shape index (κ3) is 2.33. The van der Waals surface area contributed by atoms with Gasteiger partial charge in [0.15, 0.2) is 5.78 Å². The van der Waals surface area contributed by atoms with E-state index in [-0.39, 0.29) is 16.8 Å². The number of nitrogens with zero attached hydrogens (tertiary/aromatic N) is 1. The highest BCUT2D eigenvalue weighted by Crippen LogP contribution is 2.34. The molecule has 0 bridgehead atoms. The zero-order chi connectivity index (χ0) is 12.6. The fourth-order valence-electron chi connectivity index (χ4n) is 2.44. The Hall–Kier alpha value is -1.38. The Morgan fingerprint density at radius 1 is 1.41 bits per heavy atom. The summed E-state index contributed by atoms with van der Waals surface area (Å²) in [7, 11) is 0. The first-order valence-electron chi connectivity index (χ1n) is 5.95. The quantitative estimate of drug-likeness (QED) is 0.733. The average molecular weight is 235 g/mol. The summed E-state index contributed by atoms with van der Waals surface area (Å²) in [5.41, 5.74) is 1.20. The van der Waals surface area contributed by atoms with Crippen LogP contribution in [0.2, 0.25) is 0 Å². The number of carbonyl (C=O) groups is 1. The smallest absolute Gasteiger partial charge is 0.164 e. The molecule has 0 aliphatic carbocycles. The molecule has 0 saturated carbocycles. The maximum Gasteiger partial charge on any atom is 0.164 e. The largest absolute Gasteiger partial charge is 0.370 e. The topological polar surface area (TPSA) is 20.3 Å². The molecule has 1 aliphatic heterocycles. The molecule has 0 radical (unpaired) electrons. The van der Waals surface area contributed by atoms with E-state index >= 15 is 0 Å². The van der Waals surface area contributed by atoms with Crippen LogP contribution in [0.1, 0.15) is 37.6 Å². The molecule has 2 rings (SSSR count). The second-order valence-corrected chi connectivity index (χ2v) is 5.53. The second-order valence-electron chi connectivity index (χ2n) is 5.53. The Labute approximate surface area is 101 Å². The highest BCUT2D eigenvalue weighted by atomic mass is 19.1. The average Bonchev–Trinajstić information content (AvgIpc) is 2.57. The van der Waals surface area contributed by atoms with Crippen LogP contribution in [0, 0.1) is 11.2 Å². The molecular formula is C14H18FNO. The van der Waals surface area contributed by atoms with Gasteiger partial charge in [0.2, 0.25) is 0 Å². The van der Waals surface area contributed by atoms with Crippen molar-refractivity contribution < 1.29 is 9.18 Å². The van der Waals surface area contributed by atoms with Crippen LogP contribution in [-0.4, -0.2) is 18.9 Å². The monoisotopic (exact) mass is 235 g/mol. The standard InChI is InChI=1S/C14H18FNO/c1-10(17)13-11(15)5-4-6-12(13)16-8-7-14(2,3)9-16/h4-6H,7-9H2,1-3H3. The number of hydrogen-bond donors (Lipinski definition) is 0. The molecule has 17 heavy (non-hydrogen) atoms. The number of benzene rings is 1. The maximum atomic E-state index is 13.7. The van der Waals surface area contributed by atoms with Gasteiger partial charge < -0.3 is 4.90 Å². The number of carbonyl (C=O) groups excluding carboxylic acids is 1. The molecule has 0 atom stereocenters. The minimum Gasteiger partial charge on any atom is -0.370 e. The minimum atomic E-state index is -0.417. The molecule has 1 fully saturated rings. The lowest BCUT2D eigenvalue weighted by atomic mass is 9.93. The third-order valence-corrected chi connectivity index (χ3v) is 3.36. The number of ketones is 1. The molecule has 1 aromatic carbocycles. The van der Waals surface area contributed by atoms with Crippen molar-refractivity contribution in [3.05, 3.63) is 29.6 Å². The van der Waals surface area contributed by atoms with Crippen LogP contribution in [0.15, 0.2) is 18.2 Å².